The molecule has 5 rings (SSSR count). The zero-order valence-electron chi connectivity index (χ0n) is 25.3. The number of thiazole rings is 1. The van der Waals surface area contributed by atoms with Crippen LogP contribution in [0.25, 0.3) is 22.8 Å². The van der Waals surface area contributed by atoms with Gasteiger partial charge in [0.15, 0.2) is 10.6 Å². The van der Waals surface area contributed by atoms with Crippen LogP contribution in [-0.4, -0.2) is 38.3 Å². The van der Waals surface area contributed by atoms with Gasteiger partial charge in [-0.15, -0.1) is 29.6 Å². The first kappa shape index (κ1) is 31.7. The highest BCUT2D eigenvalue weighted by Crippen LogP contribution is 2.26. The van der Waals surface area contributed by atoms with Crippen molar-refractivity contribution in [3.8, 4) is 28.5 Å². The van der Waals surface area contributed by atoms with Gasteiger partial charge in [0.1, 0.15) is 12.1 Å². The molecule has 0 fully saturated rings. The maximum Gasteiger partial charge on any atom is 0.573 e. The Labute approximate surface area is 262 Å². The number of nitrogens with zero attached hydrogens (tertiary/aromatic N) is 5. The predicted molar refractivity (Wildman–Crippen MR) is 168 cm³/mol. The van der Waals surface area contributed by atoms with Crippen LogP contribution in [0.3, 0.4) is 0 Å². The lowest BCUT2D eigenvalue weighted by Gasteiger charge is -2.16. The standard InChI is InChI=1S/C33H33F3N6O2S/c1-21(2)28-16-7-22(3)18-29(28)42-23(4)19-45-32(42)39-31(43)37-17-5-6-24-8-10-25(11-9-24)30-38-20-41(40-30)26-12-14-27(15-13-26)44-33(34,35)36/h7-16,18-21H,5-6,17H2,1-4H3,(H,37,43). The highest BCUT2D eigenvalue weighted by molar-refractivity contribution is 7.07. The van der Waals surface area contributed by atoms with E-state index in [1.807, 2.05) is 36.6 Å². The Balaban J connectivity index is 1.16. The first-order valence-corrected chi connectivity index (χ1v) is 15.3. The quantitative estimate of drug-likeness (QED) is 0.169. The number of aromatic nitrogens is 4. The van der Waals surface area contributed by atoms with Crippen molar-refractivity contribution in [2.45, 2.75) is 52.8 Å². The third-order valence-corrected chi connectivity index (χ3v) is 8.03. The molecule has 12 heteroatoms. The largest absolute Gasteiger partial charge is 0.573 e. The minimum atomic E-state index is -4.74. The van der Waals surface area contributed by atoms with Gasteiger partial charge in [-0.2, -0.15) is 4.99 Å². The van der Waals surface area contributed by atoms with Crippen molar-refractivity contribution in [1.82, 2.24) is 24.6 Å². The molecule has 45 heavy (non-hydrogen) atoms. The molecule has 8 nitrogen and oxygen atoms in total. The smallest absolute Gasteiger partial charge is 0.406 e. The van der Waals surface area contributed by atoms with Gasteiger partial charge >= 0.3 is 12.4 Å². The normalized spacial score (nSPS) is 12.1. The summed E-state index contributed by atoms with van der Waals surface area (Å²) < 4.78 is 44.7. The summed E-state index contributed by atoms with van der Waals surface area (Å²) in [5, 5.41) is 9.36. The van der Waals surface area contributed by atoms with Crippen LogP contribution in [0.15, 0.2) is 83.4 Å². The number of hydrogen-bond acceptors (Lipinski definition) is 5. The number of benzene rings is 3. The van der Waals surface area contributed by atoms with Crippen molar-refractivity contribution in [2.75, 3.05) is 6.54 Å². The Bertz CT molecular complexity index is 1840. The van der Waals surface area contributed by atoms with Gasteiger partial charge in [0.05, 0.1) is 11.4 Å². The molecule has 0 bridgehead atoms. The van der Waals surface area contributed by atoms with Gasteiger partial charge in [0.2, 0.25) is 0 Å². The van der Waals surface area contributed by atoms with E-state index in [-0.39, 0.29) is 11.8 Å². The van der Waals surface area contributed by atoms with Crippen LogP contribution in [0.2, 0.25) is 0 Å². The number of amides is 2. The van der Waals surface area contributed by atoms with Crippen LogP contribution < -0.4 is 14.9 Å². The van der Waals surface area contributed by atoms with Crippen molar-refractivity contribution in [3.63, 3.8) is 0 Å². The van der Waals surface area contributed by atoms with E-state index in [4.69, 9.17) is 0 Å². The first-order chi connectivity index (χ1) is 21.5. The summed E-state index contributed by atoms with van der Waals surface area (Å²) in [7, 11) is 0. The average Bonchev–Trinajstić information content (AvgIpc) is 3.62. The van der Waals surface area contributed by atoms with Crippen molar-refractivity contribution in [1.29, 1.82) is 0 Å². The zero-order chi connectivity index (χ0) is 32.1. The number of aryl methyl sites for hydroxylation is 3. The minimum absolute atomic E-state index is 0.305. The maximum atomic E-state index is 12.7. The Morgan fingerprint density at radius 2 is 1.78 bits per heavy atom. The average molecular weight is 635 g/mol. The molecule has 3 aromatic carbocycles. The summed E-state index contributed by atoms with van der Waals surface area (Å²) in [4.78, 5) is 22.1. The van der Waals surface area contributed by atoms with Crippen LogP contribution in [0.5, 0.6) is 5.75 Å². The van der Waals surface area contributed by atoms with E-state index in [2.05, 4.69) is 68.7 Å². The molecule has 2 amide bonds. The summed E-state index contributed by atoms with van der Waals surface area (Å²) in [5.41, 5.74) is 6.87. The lowest BCUT2D eigenvalue weighted by molar-refractivity contribution is -0.274. The Morgan fingerprint density at radius 3 is 2.47 bits per heavy atom. The summed E-state index contributed by atoms with van der Waals surface area (Å²) in [6.07, 6.45) is -1.75. The van der Waals surface area contributed by atoms with Gasteiger partial charge in [-0.05, 0) is 79.6 Å². The van der Waals surface area contributed by atoms with Gasteiger partial charge in [-0.1, -0.05) is 50.2 Å². The molecule has 2 aromatic heterocycles. The summed E-state index contributed by atoms with van der Waals surface area (Å²) in [5.74, 6) is 0.506. The summed E-state index contributed by atoms with van der Waals surface area (Å²) >= 11 is 1.44. The molecular formula is C33H33F3N6O2S. The van der Waals surface area contributed by atoms with Gasteiger partial charge in [0.25, 0.3) is 0 Å². The van der Waals surface area contributed by atoms with Crippen LogP contribution in [0, 0.1) is 13.8 Å². The topological polar surface area (TPSA) is 86.3 Å². The van der Waals surface area contributed by atoms with Crippen LogP contribution >= 0.6 is 11.3 Å². The number of ether oxygens (including phenoxy) is 1. The molecule has 0 unspecified atom stereocenters. The number of halogens is 3. The molecule has 5 aromatic rings. The molecule has 2 heterocycles. The molecule has 0 saturated heterocycles. The second-order valence-corrected chi connectivity index (χ2v) is 11.7. The lowest BCUT2D eigenvalue weighted by atomic mass is 9.99. The third-order valence-electron chi connectivity index (χ3n) is 7.08. The number of urea groups is 1. The van der Waals surface area contributed by atoms with E-state index >= 15 is 0 Å². The number of carbonyl (C=O) groups excluding carboxylic acids is 1. The predicted octanol–water partition coefficient (Wildman–Crippen LogP) is 7.67. The lowest BCUT2D eigenvalue weighted by Crippen LogP contribution is -2.26. The molecule has 1 N–H and O–H groups in total. The van der Waals surface area contributed by atoms with Crippen LogP contribution in [-0.2, 0) is 6.42 Å². The maximum absolute atomic E-state index is 12.7. The van der Waals surface area contributed by atoms with Crippen molar-refractivity contribution >= 4 is 17.4 Å². The molecule has 234 valence electrons. The molecule has 0 atom stereocenters. The van der Waals surface area contributed by atoms with E-state index in [9.17, 15) is 18.0 Å². The van der Waals surface area contributed by atoms with E-state index < -0.39 is 6.36 Å². The monoisotopic (exact) mass is 634 g/mol. The summed E-state index contributed by atoms with van der Waals surface area (Å²) in [6.45, 7) is 8.87. The van der Waals surface area contributed by atoms with Gasteiger partial charge in [-0.3, -0.25) is 4.57 Å². The second-order valence-electron chi connectivity index (χ2n) is 10.9. The zero-order valence-corrected chi connectivity index (χ0v) is 26.1. The van der Waals surface area contributed by atoms with Crippen molar-refractivity contribution in [3.05, 3.63) is 106 Å². The van der Waals surface area contributed by atoms with E-state index in [1.165, 1.54) is 52.2 Å². The van der Waals surface area contributed by atoms with E-state index in [1.54, 1.807) is 0 Å². The number of nitrogens with one attached hydrogen (secondary N) is 1. The number of carbonyl (C=O) groups is 1. The molecule has 0 spiro atoms. The Morgan fingerprint density at radius 1 is 1.04 bits per heavy atom. The van der Waals surface area contributed by atoms with Gasteiger partial charge in [-0.25, -0.2) is 14.5 Å². The highest BCUT2D eigenvalue weighted by Gasteiger charge is 2.31. The minimum Gasteiger partial charge on any atom is -0.406 e. The van der Waals surface area contributed by atoms with Crippen molar-refractivity contribution in [2.24, 2.45) is 4.99 Å². The van der Waals surface area contributed by atoms with Crippen LogP contribution in [0.4, 0.5) is 18.0 Å². The Hall–Kier alpha value is -4.71. The molecule has 0 aliphatic heterocycles. The SMILES string of the molecule is Cc1ccc(C(C)C)c(-n2c(C)csc2=NC(=O)NCCCc2ccc(-c3ncn(-c4ccc(OC(F)(F)F)cc4)n3)cc2)c1. The highest BCUT2D eigenvalue weighted by atomic mass is 32.1. The third kappa shape index (κ3) is 8.07. The van der Waals surface area contributed by atoms with E-state index in [0.29, 0.717) is 28.8 Å². The second kappa shape index (κ2) is 13.5. The summed E-state index contributed by atoms with van der Waals surface area (Å²) in [6, 6.07) is 19.2. The van der Waals surface area contributed by atoms with E-state index in [0.717, 1.165) is 40.9 Å². The number of hydrogen-bond donors (Lipinski definition) is 1. The Kier molecular flexibility index (Phi) is 9.52. The van der Waals surface area contributed by atoms with Crippen molar-refractivity contribution < 1.29 is 22.7 Å². The fraction of sp³-hybridized carbons (Fsp3) is 0.273. The number of alkyl halides is 3. The molecule has 0 aliphatic carbocycles. The molecule has 0 aliphatic rings. The van der Waals surface area contributed by atoms with Gasteiger partial charge in [0, 0.05) is 23.2 Å². The first-order valence-electron chi connectivity index (χ1n) is 14.4. The number of rotatable bonds is 9. The fourth-order valence-corrected chi connectivity index (χ4v) is 5.72. The molecule has 0 radical (unpaired) electrons. The fourth-order valence-electron chi connectivity index (χ4n) is 4.85. The van der Waals surface area contributed by atoms with Gasteiger partial charge < -0.3 is 10.1 Å². The van der Waals surface area contributed by atoms with Crippen LogP contribution in [0.1, 0.15) is 48.6 Å². The molecular weight excluding hydrogens is 601 g/mol. The molecule has 0 saturated carbocycles.